The fourth-order valence-electron chi connectivity index (χ4n) is 0.435. The van der Waals surface area contributed by atoms with Gasteiger partial charge in [0.15, 0.2) is 0 Å². The van der Waals surface area contributed by atoms with Crippen molar-refractivity contribution in [1.82, 2.24) is 0 Å². The van der Waals surface area contributed by atoms with Gasteiger partial charge in [-0.25, -0.2) is 0 Å². The Morgan fingerprint density at radius 2 is 1.47 bits per heavy atom. The summed E-state index contributed by atoms with van der Waals surface area (Å²) in [4.78, 5) is 0. The van der Waals surface area contributed by atoms with Gasteiger partial charge in [0.05, 0.1) is 0 Å². The summed E-state index contributed by atoms with van der Waals surface area (Å²) in [5.74, 6) is 4.39. The summed E-state index contributed by atoms with van der Waals surface area (Å²) in [6, 6.07) is 0. The Bertz CT molecular complexity index is 128. The van der Waals surface area contributed by atoms with E-state index in [1.165, 1.54) is 11.5 Å². The van der Waals surface area contributed by atoms with E-state index in [9.17, 15) is 4.21 Å². The van der Waals surface area contributed by atoms with Crippen LogP contribution < -0.4 is 0 Å². The smallest absolute Gasteiger partial charge is 0.0331 e. The highest BCUT2D eigenvalue weighted by Gasteiger charge is 1.88. The Hall–Kier alpha value is 1.90. The average Bonchev–Trinajstić information content (AvgIpc) is 2.20. The maximum Gasteiger partial charge on any atom is 0.0331 e. The highest BCUT2D eigenvalue weighted by molar-refractivity contribution is 8.76. The summed E-state index contributed by atoms with van der Waals surface area (Å²) >= 11 is 1.91. The van der Waals surface area contributed by atoms with Gasteiger partial charge in [0, 0.05) is 40.1 Å². The van der Waals surface area contributed by atoms with Crippen molar-refractivity contribution in [1.29, 1.82) is 0 Å². The molecule has 0 radical (unpaired) electrons. The van der Waals surface area contributed by atoms with Crippen LogP contribution in [0.1, 0.15) is 0 Å². The average molecular weight is 325 g/mol. The monoisotopic (exact) mass is 324 g/mol. The van der Waals surface area contributed by atoms with Crippen LogP contribution in [-0.2, 0) is 10.8 Å². The molecule has 1 atom stereocenters. The van der Waals surface area contributed by atoms with Crippen molar-refractivity contribution >= 4 is 65.7 Å². The van der Waals surface area contributed by atoms with E-state index in [1.54, 1.807) is 27.8 Å². The zero-order valence-corrected chi connectivity index (χ0v) is 14.6. The second-order valence-corrected chi connectivity index (χ2v) is 10.2. The standard InChI is InChI=1S/C4H10OS3.C4H10S3/c1-6-7-3-4-8(2)5;1-5-3-4-7-6-2/h3-4H2,1-2H3;3-4H2,1-2H3. The molecule has 0 aromatic rings. The first-order valence-corrected chi connectivity index (χ1v) is 12.9. The highest BCUT2D eigenvalue weighted by Crippen LogP contribution is 2.17. The van der Waals surface area contributed by atoms with Crippen molar-refractivity contribution < 1.29 is 4.21 Å². The van der Waals surface area contributed by atoms with E-state index in [4.69, 9.17) is 0 Å². The zero-order valence-electron chi connectivity index (χ0n) is 9.69. The van der Waals surface area contributed by atoms with Crippen molar-refractivity contribution in [3.05, 3.63) is 0 Å². The highest BCUT2D eigenvalue weighted by atomic mass is 33.1. The molecule has 0 amide bonds. The molecule has 0 heterocycles. The third-order valence-corrected chi connectivity index (χ3v) is 6.60. The van der Waals surface area contributed by atoms with E-state index in [0.29, 0.717) is 0 Å². The molecule has 0 aliphatic carbocycles. The van der Waals surface area contributed by atoms with Crippen LogP contribution in [0.3, 0.4) is 0 Å². The zero-order chi connectivity index (χ0) is 11.9. The Kier molecular flexibility index (Phi) is 23.4. The van der Waals surface area contributed by atoms with Crippen molar-refractivity contribution in [2.24, 2.45) is 0 Å². The van der Waals surface area contributed by atoms with Gasteiger partial charge < -0.3 is 0 Å². The van der Waals surface area contributed by atoms with Gasteiger partial charge in [-0.2, -0.15) is 11.8 Å². The predicted octanol–water partition coefficient (Wildman–Crippen LogP) is 3.74. The molecule has 94 valence electrons. The lowest BCUT2D eigenvalue weighted by Gasteiger charge is -1.91. The van der Waals surface area contributed by atoms with Gasteiger partial charge >= 0.3 is 0 Å². The van der Waals surface area contributed by atoms with Crippen LogP contribution in [0.25, 0.3) is 0 Å². The Morgan fingerprint density at radius 3 is 1.87 bits per heavy atom. The van der Waals surface area contributed by atoms with E-state index in [0.717, 1.165) is 11.5 Å². The molecule has 1 nitrogen and oxygen atoms in total. The Morgan fingerprint density at radius 1 is 0.933 bits per heavy atom. The largest absolute Gasteiger partial charge is 0.260 e. The maximum atomic E-state index is 10.4. The molecule has 0 N–H and O–H groups in total. The summed E-state index contributed by atoms with van der Waals surface area (Å²) < 4.78 is 10.4. The quantitative estimate of drug-likeness (QED) is 0.496. The molecule has 1 unspecified atom stereocenters. The molecule has 0 saturated heterocycles. The predicted molar refractivity (Wildman–Crippen MR) is 89.3 cm³/mol. The number of hydrogen-bond donors (Lipinski definition) is 0. The Labute approximate surface area is 117 Å². The van der Waals surface area contributed by atoms with Crippen LogP contribution in [0.4, 0.5) is 0 Å². The fraction of sp³-hybridized carbons (Fsp3) is 1.00. The van der Waals surface area contributed by atoms with Gasteiger partial charge in [0.25, 0.3) is 0 Å². The normalized spacial score (nSPS) is 11.7. The lowest BCUT2D eigenvalue weighted by molar-refractivity contribution is 0.687. The lowest BCUT2D eigenvalue weighted by atomic mass is 11.0. The van der Waals surface area contributed by atoms with E-state index < -0.39 is 10.8 Å². The molecule has 0 saturated carbocycles. The molecule has 0 fully saturated rings. The number of thioether (sulfide) groups is 1. The van der Waals surface area contributed by atoms with Crippen molar-refractivity contribution in [2.75, 3.05) is 48.0 Å². The molecule has 0 aliphatic heterocycles. The molecule has 0 aliphatic rings. The van der Waals surface area contributed by atoms with E-state index >= 15 is 0 Å². The number of hydrogen-bond acceptors (Lipinski definition) is 6. The lowest BCUT2D eigenvalue weighted by Crippen LogP contribution is -1.94. The molecule has 0 bridgehead atoms. The van der Waals surface area contributed by atoms with Crippen LogP contribution >= 0.6 is 54.9 Å². The maximum absolute atomic E-state index is 10.4. The minimum absolute atomic E-state index is 0.601. The van der Waals surface area contributed by atoms with Crippen molar-refractivity contribution in [3.8, 4) is 0 Å². The van der Waals surface area contributed by atoms with Gasteiger partial charge in [-0.05, 0) is 18.8 Å². The van der Waals surface area contributed by atoms with Crippen LogP contribution in [-0.4, -0.2) is 52.2 Å². The van der Waals surface area contributed by atoms with Crippen LogP contribution in [0, 0.1) is 0 Å². The van der Waals surface area contributed by atoms with E-state index in [-0.39, 0.29) is 0 Å². The van der Waals surface area contributed by atoms with Gasteiger partial charge in [-0.3, -0.25) is 4.21 Å². The van der Waals surface area contributed by atoms with Crippen LogP contribution in [0.15, 0.2) is 0 Å². The molecule has 0 aromatic carbocycles. The topological polar surface area (TPSA) is 17.1 Å². The molecule has 15 heavy (non-hydrogen) atoms. The molecular formula is C8H20OS6. The van der Waals surface area contributed by atoms with Gasteiger partial charge in [0.1, 0.15) is 0 Å². The second-order valence-electron chi connectivity index (χ2n) is 2.25. The van der Waals surface area contributed by atoms with Gasteiger partial charge in [-0.15, -0.1) is 0 Å². The number of rotatable bonds is 8. The first kappa shape index (κ1) is 19.2. The van der Waals surface area contributed by atoms with Gasteiger partial charge in [0.2, 0.25) is 0 Å². The van der Waals surface area contributed by atoms with Crippen molar-refractivity contribution in [2.45, 2.75) is 0 Å². The van der Waals surface area contributed by atoms with Gasteiger partial charge in [-0.1, -0.05) is 43.2 Å². The third-order valence-electron chi connectivity index (χ3n) is 1.06. The molecule has 7 heteroatoms. The van der Waals surface area contributed by atoms with E-state index in [2.05, 4.69) is 12.5 Å². The van der Waals surface area contributed by atoms with E-state index in [1.807, 2.05) is 39.6 Å². The summed E-state index contributed by atoms with van der Waals surface area (Å²) in [6.07, 6.45) is 8.02. The minimum Gasteiger partial charge on any atom is -0.260 e. The fourth-order valence-corrected chi connectivity index (χ4v) is 5.14. The minimum atomic E-state index is -0.601. The van der Waals surface area contributed by atoms with Crippen LogP contribution in [0.2, 0.25) is 0 Å². The molecule has 0 rings (SSSR count). The third kappa shape index (κ3) is 25.9. The molecular weight excluding hydrogens is 304 g/mol. The summed E-state index contributed by atoms with van der Waals surface area (Å²) in [5, 5.41) is 0. The summed E-state index contributed by atoms with van der Waals surface area (Å²) in [6.45, 7) is 0. The molecule has 0 aromatic heterocycles. The summed E-state index contributed by atoms with van der Waals surface area (Å²) in [5.41, 5.74) is 0. The first-order valence-electron chi connectivity index (χ1n) is 4.29. The Balaban J connectivity index is 0. The second kappa shape index (κ2) is 18.3. The van der Waals surface area contributed by atoms with Crippen LogP contribution in [0.5, 0.6) is 0 Å². The SMILES string of the molecule is CSCCSSC.CSSCCS(C)=O. The summed E-state index contributed by atoms with van der Waals surface area (Å²) in [7, 11) is 6.66. The molecule has 0 spiro atoms. The first-order chi connectivity index (χ1) is 7.18. The van der Waals surface area contributed by atoms with Crippen molar-refractivity contribution in [3.63, 3.8) is 0 Å².